The second-order valence-corrected chi connectivity index (χ2v) is 7.50. The van der Waals surface area contributed by atoms with Gasteiger partial charge < -0.3 is 15.5 Å². The third-order valence-electron chi connectivity index (χ3n) is 5.84. The van der Waals surface area contributed by atoms with E-state index >= 15 is 0 Å². The van der Waals surface area contributed by atoms with Gasteiger partial charge in [-0.1, -0.05) is 37.5 Å². The van der Waals surface area contributed by atoms with Gasteiger partial charge in [0.15, 0.2) is 0 Å². The van der Waals surface area contributed by atoms with Crippen molar-refractivity contribution in [3.8, 4) is 0 Å². The summed E-state index contributed by atoms with van der Waals surface area (Å²) < 4.78 is 0. The van der Waals surface area contributed by atoms with Crippen molar-refractivity contribution in [3.05, 3.63) is 30.3 Å². The van der Waals surface area contributed by atoms with E-state index in [-0.39, 0.29) is 5.41 Å². The molecule has 1 aromatic carbocycles. The fourth-order valence-corrected chi connectivity index (χ4v) is 4.25. The van der Waals surface area contributed by atoms with Crippen molar-refractivity contribution in [1.82, 2.24) is 4.90 Å². The molecule has 0 radical (unpaired) electrons. The van der Waals surface area contributed by atoms with Crippen LogP contribution in [0.25, 0.3) is 0 Å². The van der Waals surface area contributed by atoms with Gasteiger partial charge in [0.25, 0.3) is 0 Å². The van der Waals surface area contributed by atoms with Crippen LogP contribution >= 0.6 is 0 Å². The molecule has 1 aromatic rings. The molecule has 2 fully saturated rings. The summed E-state index contributed by atoms with van der Waals surface area (Å²) >= 11 is 0. The predicted octanol–water partition coefficient (Wildman–Crippen LogP) is 3.02. The molecule has 0 bridgehead atoms. The minimum Gasteiger partial charge on any atom is -0.370 e. The molecule has 4 heteroatoms. The second kappa shape index (κ2) is 8.02. The van der Waals surface area contributed by atoms with Crippen molar-refractivity contribution < 1.29 is 4.79 Å². The summed E-state index contributed by atoms with van der Waals surface area (Å²) in [4.78, 5) is 17.4. The van der Waals surface area contributed by atoms with Crippen LogP contribution < -0.4 is 10.6 Å². The first-order valence-electron chi connectivity index (χ1n) is 9.50. The molecule has 4 nitrogen and oxygen atoms in total. The number of hydrogen-bond acceptors (Lipinski definition) is 3. The van der Waals surface area contributed by atoms with Crippen LogP contribution in [0, 0.1) is 5.41 Å². The first-order valence-corrected chi connectivity index (χ1v) is 9.50. The Bertz CT molecular complexity index is 525. The highest BCUT2D eigenvalue weighted by Gasteiger charge is 2.34. The van der Waals surface area contributed by atoms with Gasteiger partial charge in [0.1, 0.15) is 0 Å². The molecule has 1 saturated carbocycles. The van der Waals surface area contributed by atoms with Crippen LogP contribution in [0.2, 0.25) is 0 Å². The topological polar surface area (TPSA) is 49.6 Å². The van der Waals surface area contributed by atoms with Gasteiger partial charge >= 0.3 is 0 Å². The zero-order chi connectivity index (χ0) is 16.8. The lowest BCUT2D eigenvalue weighted by Gasteiger charge is -2.37. The Morgan fingerprint density at radius 2 is 1.71 bits per heavy atom. The molecule has 1 heterocycles. The van der Waals surface area contributed by atoms with Gasteiger partial charge in [-0.2, -0.15) is 0 Å². The van der Waals surface area contributed by atoms with Crippen LogP contribution in [0.15, 0.2) is 30.3 Å². The van der Waals surface area contributed by atoms with E-state index in [4.69, 9.17) is 5.73 Å². The highest BCUT2D eigenvalue weighted by Crippen LogP contribution is 2.38. The minimum atomic E-state index is 0.0702. The van der Waals surface area contributed by atoms with Crippen molar-refractivity contribution in [1.29, 1.82) is 0 Å². The lowest BCUT2D eigenvalue weighted by Crippen LogP contribution is -2.42. The molecule has 132 valence electrons. The predicted molar refractivity (Wildman–Crippen MR) is 99.0 cm³/mol. The summed E-state index contributed by atoms with van der Waals surface area (Å²) in [5.74, 6) is 0.317. The Morgan fingerprint density at radius 1 is 0.958 bits per heavy atom. The van der Waals surface area contributed by atoms with Crippen LogP contribution in [-0.2, 0) is 4.79 Å². The van der Waals surface area contributed by atoms with Crippen LogP contribution in [0.3, 0.4) is 0 Å². The highest BCUT2D eigenvalue weighted by molar-refractivity contribution is 5.77. The monoisotopic (exact) mass is 329 g/mol. The van der Waals surface area contributed by atoms with E-state index in [1.165, 1.54) is 24.9 Å². The molecule has 24 heavy (non-hydrogen) atoms. The number of para-hydroxylation sites is 1. The molecule has 0 unspecified atom stereocenters. The maximum absolute atomic E-state index is 12.9. The third kappa shape index (κ3) is 4.10. The number of rotatable bonds is 4. The maximum atomic E-state index is 12.9. The second-order valence-electron chi connectivity index (χ2n) is 7.50. The van der Waals surface area contributed by atoms with Gasteiger partial charge in [0.05, 0.1) is 0 Å². The fourth-order valence-electron chi connectivity index (χ4n) is 4.25. The summed E-state index contributed by atoms with van der Waals surface area (Å²) in [7, 11) is 0. The summed E-state index contributed by atoms with van der Waals surface area (Å²) in [6, 6.07) is 10.5. The number of nitrogens with zero attached hydrogens (tertiary/aromatic N) is 2. The van der Waals surface area contributed by atoms with Crippen molar-refractivity contribution >= 4 is 11.6 Å². The SMILES string of the molecule is NCC1(CC(=O)N2CCCN(c3ccccc3)CC2)CCCCC1. The normalized spacial score (nSPS) is 21.4. The van der Waals surface area contributed by atoms with E-state index in [1.807, 2.05) is 6.07 Å². The minimum absolute atomic E-state index is 0.0702. The summed E-state index contributed by atoms with van der Waals surface area (Å²) in [6.45, 7) is 4.31. The smallest absolute Gasteiger partial charge is 0.223 e. The van der Waals surface area contributed by atoms with Crippen molar-refractivity contribution in [3.63, 3.8) is 0 Å². The summed E-state index contributed by atoms with van der Waals surface area (Å²) in [5.41, 5.74) is 7.40. The molecule has 1 amide bonds. The van der Waals surface area contributed by atoms with E-state index < -0.39 is 0 Å². The lowest BCUT2D eigenvalue weighted by molar-refractivity contribution is -0.134. The van der Waals surface area contributed by atoms with Gasteiger partial charge in [-0.05, 0) is 43.4 Å². The first kappa shape index (κ1) is 17.3. The number of amides is 1. The van der Waals surface area contributed by atoms with Crippen LogP contribution in [0.4, 0.5) is 5.69 Å². The molecular weight excluding hydrogens is 298 g/mol. The molecule has 2 aliphatic rings. The van der Waals surface area contributed by atoms with E-state index in [0.717, 1.165) is 45.4 Å². The van der Waals surface area contributed by atoms with Crippen molar-refractivity contribution in [2.24, 2.45) is 11.1 Å². The van der Waals surface area contributed by atoms with E-state index in [9.17, 15) is 4.79 Å². The van der Waals surface area contributed by atoms with E-state index in [2.05, 4.69) is 34.1 Å². The quantitative estimate of drug-likeness (QED) is 0.924. The number of nitrogens with two attached hydrogens (primary N) is 1. The number of anilines is 1. The summed E-state index contributed by atoms with van der Waals surface area (Å²) in [6.07, 6.45) is 7.69. The van der Waals surface area contributed by atoms with Crippen LogP contribution in [0.1, 0.15) is 44.9 Å². The Labute approximate surface area is 146 Å². The number of carbonyl (C=O) groups excluding carboxylic acids is 1. The zero-order valence-corrected chi connectivity index (χ0v) is 14.8. The van der Waals surface area contributed by atoms with Crippen LogP contribution in [-0.4, -0.2) is 43.5 Å². The molecule has 3 rings (SSSR count). The molecule has 0 aromatic heterocycles. The maximum Gasteiger partial charge on any atom is 0.223 e. The average Bonchev–Trinajstić information content (AvgIpc) is 2.89. The molecule has 1 aliphatic heterocycles. The Balaban J connectivity index is 1.58. The molecule has 0 atom stereocenters. The van der Waals surface area contributed by atoms with Gasteiger partial charge in [0.2, 0.25) is 5.91 Å². The molecule has 1 aliphatic carbocycles. The number of benzene rings is 1. The molecule has 1 saturated heterocycles. The first-order chi connectivity index (χ1) is 11.7. The number of carbonyl (C=O) groups is 1. The zero-order valence-electron chi connectivity index (χ0n) is 14.8. The standard InChI is InChI=1S/C20H31N3O/c21-17-20(10-5-2-6-11-20)16-19(24)23-13-7-12-22(14-15-23)18-8-3-1-4-9-18/h1,3-4,8-9H,2,5-7,10-17,21H2. The van der Waals surface area contributed by atoms with E-state index in [0.29, 0.717) is 18.9 Å². The van der Waals surface area contributed by atoms with Gasteiger partial charge in [0, 0.05) is 38.3 Å². The lowest BCUT2D eigenvalue weighted by atomic mass is 9.71. The molecule has 0 spiro atoms. The Kier molecular flexibility index (Phi) is 5.77. The Morgan fingerprint density at radius 3 is 2.42 bits per heavy atom. The Hall–Kier alpha value is -1.55. The summed E-state index contributed by atoms with van der Waals surface area (Å²) in [5, 5.41) is 0. The third-order valence-corrected chi connectivity index (χ3v) is 5.84. The van der Waals surface area contributed by atoms with Gasteiger partial charge in [-0.25, -0.2) is 0 Å². The van der Waals surface area contributed by atoms with Gasteiger partial charge in [-0.15, -0.1) is 0 Å². The van der Waals surface area contributed by atoms with Crippen molar-refractivity contribution in [2.45, 2.75) is 44.9 Å². The van der Waals surface area contributed by atoms with Gasteiger partial charge in [-0.3, -0.25) is 4.79 Å². The fraction of sp³-hybridized carbons (Fsp3) is 0.650. The highest BCUT2D eigenvalue weighted by atomic mass is 16.2. The molecule has 2 N–H and O–H groups in total. The van der Waals surface area contributed by atoms with E-state index in [1.54, 1.807) is 0 Å². The molecular formula is C20H31N3O. The largest absolute Gasteiger partial charge is 0.370 e. The van der Waals surface area contributed by atoms with Crippen molar-refractivity contribution in [2.75, 3.05) is 37.6 Å². The van der Waals surface area contributed by atoms with Crippen LogP contribution in [0.5, 0.6) is 0 Å². The average molecular weight is 329 g/mol. The number of hydrogen-bond donors (Lipinski definition) is 1.